The SMILES string of the molecule is O=C(NNC(=O)c1ccccc1Br)c1ccc(N2CCCC2=O)cc1. The predicted octanol–water partition coefficient (Wildman–Crippen LogP) is 2.65. The van der Waals surface area contributed by atoms with Gasteiger partial charge in [0.05, 0.1) is 5.56 Å². The molecule has 128 valence electrons. The van der Waals surface area contributed by atoms with Gasteiger partial charge >= 0.3 is 0 Å². The van der Waals surface area contributed by atoms with Crippen LogP contribution >= 0.6 is 15.9 Å². The van der Waals surface area contributed by atoms with Crippen LogP contribution in [0.2, 0.25) is 0 Å². The first-order valence-electron chi connectivity index (χ1n) is 7.82. The number of benzene rings is 2. The van der Waals surface area contributed by atoms with Crippen LogP contribution in [0.1, 0.15) is 33.6 Å². The lowest BCUT2D eigenvalue weighted by Gasteiger charge is -2.16. The first-order valence-corrected chi connectivity index (χ1v) is 8.61. The van der Waals surface area contributed by atoms with Crippen molar-refractivity contribution in [1.82, 2.24) is 10.9 Å². The number of carbonyl (C=O) groups excluding carboxylic acids is 3. The summed E-state index contributed by atoms with van der Waals surface area (Å²) in [6, 6.07) is 13.6. The number of hydrogen-bond acceptors (Lipinski definition) is 3. The van der Waals surface area contributed by atoms with Gasteiger partial charge in [0.1, 0.15) is 0 Å². The number of halogens is 1. The molecule has 3 rings (SSSR count). The summed E-state index contributed by atoms with van der Waals surface area (Å²) in [7, 11) is 0. The molecule has 1 saturated heterocycles. The number of nitrogens with one attached hydrogen (secondary N) is 2. The third kappa shape index (κ3) is 3.88. The van der Waals surface area contributed by atoms with Gasteiger partial charge in [-0.1, -0.05) is 12.1 Å². The molecule has 7 heteroatoms. The highest BCUT2D eigenvalue weighted by atomic mass is 79.9. The number of hydrazine groups is 1. The van der Waals surface area contributed by atoms with Crippen molar-refractivity contribution >= 4 is 39.3 Å². The van der Waals surface area contributed by atoms with Crippen LogP contribution in [0.4, 0.5) is 5.69 Å². The van der Waals surface area contributed by atoms with E-state index < -0.39 is 11.8 Å². The Morgan fingerprint density at radius 3 is 2.28 bits per heavy atom. The number of amides is 3. The first-order chi connectivity index (χ1) is 12.1. The van der Waals surface area contributed by atoms with E-state index in [0.29, 0.717) is 28.6 Å². The minimum Gasteiger partial charge on any atom is -0.312 e. The van der Waals surface area contributed by atoms with Gasteiger partial charge in [-0.15, -0.1) is 0 Å². The maximum absolute atomic E-state index is 12.1. The van der Waals surface area contributed by atoms with E-state index >= 15 is 0 Å². The molecule has 1 aliphatic rings. The summed E-state index contributed by atoms with van der Waals surface area (Å²) in [6.45, 7) is 0.701. The van der Waals surface area contributed by atoms with Crippen molar-refractivity contribution in [3.05, 3.63) is 64.1 Å². The Labute approximate surface area is 153 Å². The molecule has 0 bridgehead atoms. The molecule has 0 unspecified atom stereocenters. The third-order valence-electron chi connectivity index (χ3n) is 3.92. The average Bonchev–Trinajstić information content (AvgIpc) is 3.06. The lowest BCUT2D eigenvalue weighted by Crippen LogP contribution is -2.41. The van der Waals surface area contributed by atoms with Gasteiger partial charge in [-0.25, -0.2) is 0 Å². The van der Waals surface area contributed by atoms with Crippen molar-refractivity contribution in [2.24, 2.45) is 0 Å². The van der Waals surface area contributed by atoms with Crippen molar-refractivity contribution < 1.29 is 14.4 Å². The predicted molar refractivity (Wildman–Crippen MR) is 97.1 cm³/mol. The van der Waals surface area contributed by atoms with Crippen LogP contribution in [0.3, 0.4) is 0 Å². The van der Waals surface area contributed by atoms with E-state index in [2.05, 4.69) is 26.8 Å². The topological polar surface area (TPSA) is 78.5 Å². The van der Waals surface area contributed by atoms with Gasteiger partial charge in [-0.05, 0) is 58.7 Å². The van der Waals surface area contributed by atoms with Crippen LogP contribution in [0.25, 0.3) is 0 Å². The zero-order valence-corrected chi connectivity index (χ0v) is 14.9. The first kappa shape index (κ1) is 17.2. The van der Waals surface area contributed by atoms with Gasteiger partial charge < -0.3 is 4.90 Å². The van der Waals surface area contributed by atoms with Gasteiger partial charge in [0.2, 0.25) is 5.91 Å². The second-order valence-corrected chi connectivity index (χ2v) is 6.44. The lowest BCUT2D eigenvalue weighted by molar-refractivity contribution is -0.117. The molecule has 25 heavy (non-hydrogen) atoms. The summed E-state index contributed by atoms with van der Waals surface area (Å²) >= 11 is 3.29. The van der Waals surface area contributed by atoms with E-state index in [4.69, 9.17) is 0 Å². The fourth-order valence-corrected chi connectivity index (χ4v) is 3.08. The quantitative estimate of drug-likeness (QED) is 0.775. The molecule has 0 aliphatic carbocycles. The molecule has 1 aliphatic heterocycles. The van der Waals surface area contributed by atoms with Crippen molar-refractivity contribution in [1.29, 1.82) is 0 Å². The van der Waals surface area contributed by atoms with Crippen molar-refractivity contribution in [2.75, 3.05) is 11.4 Å². The fourth-order valence-electron chi connectivity index (χ4n) is 2.61. The Balaban J connectivity index is 1.61. The largest absolute Gasteiger partial charge is 0.312 e. The Bertz CT molecular complexity index is 821. The summed E-state index contributed by atoms with van der Waals surface area (Å²) in [5.41, 5.74) is 6.35. The summed E-state index contributed by atoms with van der Waals surface area (Å²) in [4.78, 5) is 37.6. The molecule has 2 aromatic rings. The van der Waals surface area contributed by atoms with Crippen molar-refractivity contribution in [3.8, 4) is 0 Å². The third-order valence-corrected chi connectivity index (χ3v) is 4.61. The van der Waals surface area contributed by atoms with Crippen LogP contribution in [-0.2, 0) is 4.79 Å². The Kier molecular flexibility index (Phi) is 5.14. The molecule has 0 saturated carbocycles. The summed E-state index contributed by atoms with van der Waals surface area (Å²) < 4.78 is 0.640. The van der Waals surface area contributed by atoms with Crippen LogP contribution < -0.4 is 15.8 Å². The molecule has 0 atom stereocenters. The summed E-state index contributed by atoms with van der Waals surface area (Å²) in [6.07, 6.45) is 1.41. The molecule has 0 aromatic heterocycles. The van der Waals surface area contributed by atoms with Crippen molar-refractivity contribution in [2.45, 2.75) is 12.8 Å². The van der Waals surface area contributed by atoms with E-state index in [1.54, 1.807) is 53.4 Å². The Morgan fingerprint density at radius 1 is 0.960 bits per heavy atom. The van der Waals surface area contributed by atoms with Crippen LogP contribution in [0.15, 0.2) is 53.0 Å². The monoisotopic (exact) mass is 401 g/mol. The van der Waals surface area contributed by atoms with Gasteiger partial charge in [0.15, 0.2) is 0 Å². The molecule has 3 amide bonds. The number of nitrogens with zero attached hydrogens (tertiary/aromatic N) is 1. The zero-order chi connectivity index (χ0) is 17.8. The van der Waals surface area contributed by atoms with Gasteiger partial charge in [-0.3, -0.25) is 25.2 Å². The maximum Gasteiger partial charge on any atom is 0.270 e. The average molecular weight is 402 g/mol. The molecule has 0 radical (unpaired) electrons. The molecule has 0 spiro atoms. The molecular weight excluding hydrogens is 386 g/mol. The lowest BCUT2D eigenvalue weighted by atomic mass is 10.2. The zero-order valence-electron chi connectivity index (χ0n) is 13.3. The van der Waals surface area contributed by atoms with E-state index in [1.165, 1.54) is 0 Å². The Morgan fingerprint density at radius 2 is 1.64 bits per heavy atom. The highest BCUT2D eigenvalue weighted by molar-refractivity contribution is 9.10. The van der Waals surface area contributed by atoms with Gasteiger partial charge in [0.25, 0.3) is 11.8 Å². The standard InChI is InChI=1S/C18H16BrN3O3/c19-15-5-2-1-4-14(15)18(25)21-20-17(24)12-7-9-13(10-8-12)22-11-3-6-16(22)23/h1-2,4-5,7-10H,3,6,11H2,(H,20,24)(H,21,25). The highest BCUT2D eigenvalue weighted by Gasteiger charge is 2.21. The molecule has 1 fully saturated rings. The van der Waals surface area contributed by atoms with Gasteiger partial charge in [-0.2, -0.15) is 0 Å². The number of rotatable bonds is 3. The molecule has 1 heterocycles. The van der Waals surface area contributed by atoms with Crippen molar-refractivity contribution in [3.63, 3.8) is 0 Å². The Hall–Kier alpha value is -2.67. The van der Waals surface area contributed by atoms with E-state index in [0.717, 1.165) is 12.1 Å². The number of anilines is 1. The van der Waals surface area contributed by atoms with Crippen LogP contribution in [-0.4, -0.2) is 24.3 Å². The fraction of sp³-hybridized carbons (Fsp3) is 0.167. The number of carbonyl (C=O) groups is 3. The molecule has 6 nitrogen and oxygen atoms in total. The minimum absolute atomic E-state index is 0.0953. The van der Waals surface area contributed by atoms with Gasteiger partial charge in [0, 0.05) is 28.7 Å². The summed E-state index contributed by atoms with van der Waals surface area (Å²) in [5.74, 6) is -0.752. The maximum atomic E-state index is 12.1. The second kappa shape index (κ2) is 7.48. The smallest absolute Gasteiger partial charge is 0.270 e. The summed E-state index contributed by atoms with van der Waals surface area (Å²) in [5, 5.41) is 0. The van der Waals surface area contributed by atoms with Crippen LogP contribution in [0, 0.1) is 0 Å². The van der Waals surface area contributed by atoms with Crippen LogP contribution in [0.5, 0.6) is 0 Å². The molecule has 2 N–H and O–H groups in total. The normalized spacial score (nSPS) is 13.6. The highest BCUT2D eigenvalue weighted by Crippen LogP contribution is 2.21. The molecular formula is C18H16BrN3O3. The minimum atomic E-state index is -0.431. The van der Waals surface area contributed by atoms with E-state index in [9.17, 15) is 14.4 Å². The second-order valence-electron chi connectivity index (χ2n) is 5.58. The van der Waals surface area contributed by atoms with E-state index in [-0.39, 0.29) is 5.91 Å². The van der Waals surface area contributed by atoms with E-state index in [1.807, 2.05) is 0 Å². The number of hydrogen-bond donors (Lipinski definition) is 2. The molecule has 2 aromatic carbocycles.